The lowest BCUT2D eigenvalue weighted by Gasteiger charge is -2.28. The number of hydrogen-bond acceptors (Lipinski definition) is 5. The van der Waals surface area contributed by atoms with Crippen LogP contribution in [0.1, 0.15) is 49.5 Å². The highest BCUT2D eigenvalue weighted by Crippen LogP contribution is 2.40. The van der Waals surface area contributed by atoms with Crippen LogP contribution < -0.4 is 21.8 Å². The molecule has 1 aliphatic carbocycles. The molecular weight excluding hydrogens is 363 g/mol. The normalized spacial score (nSPS) is 20.1. The number of fused-ring (bicyclic) bond motifs is 1. The standard InChI is InChI=1S/C20H25FN4O3/c1-20(2,23)10-5-6-24(8-10)14-7-13-15(17(22)16(14)21)18(26)12(19(27)28)9-25(13)11-3-4-11/h7,9-11H,3-6,8,22-23H2,1-2H3,(H,27,28)/t10-/m1/s1. The van der Waals surface area contributed by atoms with Gasteiger partial charge in [0.15, 0.2) is 5.82 Å². The topological polar surface area (TPSA) is 115 Å². The van der Waals surface area contributed by atoms with Gasteiger partial charge in [0, 0.05) is 30.9 Å². The van der Waals surface area contributed by atoms with E-state index in [0.29, 0.717) is 24.3 Å². The highest BCUT2D eigenvalue weighted by molar-refractivity contribution is 5.99. The predicted molar refractivity (Wildman–Crippen MR) is 106 cm³/mol. The quantitative estimate of drug-likeness (QED) is 0.693. The van der Waals surface area contributed by atoms with Crippen LogP contribution in [0.25, 0.3) is 10.9 Å². The van der Waals surface area contributed by atoms with Crippen molar-refractivity contribution in [1.29, 1.82) is 0 Å². The summed E-state index contributed by atoms with van der Waals surface area (Å²) < 4.78 is 16.9. The summed E-state index contributed by atoms with van der Waals surface area (Å²) in [6.07, 6.45) is 3.98. The van der Waals surface area contributed by atoms with E-state index in [1.807, 2.05) is 18.7 Å². The van der Waals surface area contributed by atoms with Gasteiger partial charge in [-0.05, 0) is 45.1 Å². The summed E-state index contributed by atoms with van der Waals surface area (Å²) in [4.78, 5) is 26.1. The summed E-state index contributed by atoms with van der Waals surface area (Å²) in [5.41, 5.74) is 11.3. The zero-order valence-corrected chi connectivity index (χ0v) is 16.0. The number of anilines is 2. The molecule has 2 heterocycles. The Morgan fingerprint density at radius 3 is 2.54 bits per heavy atom. The monoisotopic (exact) mass is 388 g/mol. The first-order valence-corrected chi connectivity index (χ1v) is 9.53. The highest BCUT2D eigenvalue weighted by atomic mass is 19.1. The third-order valence-corrected chi connectivity index (χ3v) is 6.03. The van der Waals surface area contributed by atoms with Crippen molar-refractivity contribution in [3.8, 4) is 0 Å². The summed E-state index contributed by atoms with van der Waals surface area (Å²) in [5.74, 6) is -1.80. The number of halogens is 1. The SMILES string of the molecule is CC(C)(N)[C@@H]1CCN(c2cc3c(c(N)c2F)c(=O)c(C(=O)O)cn3C2CC2)C1. The molecule has 5 N–H and O–H groups in total. The van der Waals surface area contributed by atoms with E-state index in [2.05, 4.69) is 0 Å². The fourth-order valence-corrected chi connectivity index (χ4v) is 4.12. The molecule has 7 nitrogen and oxygen atoms in total. The molecule has 1 aliphatic heterocycles. The number of nitrogens with zero attached hydrogens (tertiary/aromatic N) is 2. The molecule has 1 aromatic carbocycles. The summed E-state index contributed by atoms with van der Waals surface area (Å²) in [5, 5.41) is 9.32. The van der Waals surface area contributed by atoms with Gasteiger partial charge < -0.3 is 26.0 Å². The lowest BCUT2D eigenvalue weighted by atomic mass is 9.88. The van der Waals surface area contributed by atoms with Crippen molar-refractivity contribution in [2.24, 2.45) is 11.7 Å². The van der Waals surface area contributed by atoms with Crippen molar-refractivity contribution < 1.29 is 14.3 Å². The van der Waals surface area contributed by atoms with Gasteiger partial charge in [0.25, 0.3) is 0 Å². The molecule has 0 bridgehead atoms. The van der Waals surface area contributed by atoms with Crippen molar-refractivity contribution in [1.82, 2.24) is 4.57 Å². The predicted octanol–water partition coefficient (Wildman–Crippen LogP) is 2.32. The second-order valence-corrected chi connectivity index (χ2v) is 8.59. The van der Waals surface area contributed by atoms with Crippen LogP contribution in [0, 0.1) is 11.7 Å². The van der Waals surface area contributed by atoms with Crippen LogP contribution in [-0.2, 0) is 0 Å². The first-order chi connectivity index (χ1) is 13.1. The van der Waals surface area contributed by atoms with Gasteiger partial charge >= 0.3 is 5.97 Å². The summed E-state index contributed by atoms with van der Waals surface area (Å²) in [6, 6.07) is 1.74. The molecule has 150 valence electrons. The number of aromatic carboxylic acids is 1. The number of carboxylic acid groups (broad SMARTS) is 1. The van der Waals surface area contributed by atoms with Gasteiger partial charge in [-0.1, -0.05) is 0 Å². The number of nitrogen functional groups attached to an aromatic ring is 1. The molecule has 28 heavy (non-hydrogen) atoms. The minimum absolute atomic E-state index is 0.0528. The number of aromatic nitrogens is 1. The average Bonchev–Trinajstić information content (AvgIpc) is 3.32. The van der Waals surface area contributed by atoms with Gasteiger partial charge in [-0.3, -0.25) is 4.79 Å². The van der Waals surface area contributed by atoms with E-state index < -0.39 is 17.2 Å². The maximum absolute atomic E-state index is 15.2. The van der Waals surface area contributed by atoms with Crippen LogP contribution in [0.4, 0.5) is 15.8 Å². The van der Waals surface area contributed by atoms with Crippen LogP contribution in [0.5, 0.6) is 0 Å². The second kappa shape index (κ2) is 6.20. The molecule has 0 unspecified atom stereocenters. The van der Waals surface area contributed by atoms with E-state index in [1.165, 1.54) is 6.20 Å². The zero-order valence-electron chi connectivity index (χ0n) is 16.0. The Hall–Kier alpha value is -2.61. The first-order valence-electron chi connectivity index (χ1n) is 9.53. The number of rotatable bonds is 4. The molecule has 0 radical (unpaired) electrons. The molecule has 2 aliphatic rings. The van der Waals surface area contributed by atoms with Gasteiger partial charge in [-0.2, -0.15) is 0 Å². The maximum atomic E-state index is 15.2. The van der Waals surface area contributed by atoms with Gasteiger partial charge in [0.1, 0.15) is 5.56 Å². The summed E-state index contributed by atoms with van der Waals surface area (Å²) in [6.45, 7) is 5.18. The highest BCUT2D eigenvalue weighted by Gasteiger charge is 2.35. The van der Waals surface area contributed by atoms with E-state index in [-0.39, 0.29) is 34.1 Å². The Balaban J connectivity index is 1.91. The fourth-order valence-electron chi connectivity index (χ4n) is 4.12. The second-order valence-electron chi connectivity index (χ2n) is 8.59. The summed E-state index contributed by atoms with van der Waals surface area (Å²) in [7, 11) is 0. The van der Waals surface area contributed by atoms with Crippen molar-refractivity contribution in [2.45, 2.75) is 44.7 Å². The molecule has 8 heteroatoms. The van der Waals surface area contributed by atoms with Gasteiger partial charge in [0.05, 0.1) is 22.3 Å². The Labute approximate surface area is 161 Å². The molecule has 0 spiro atoms. The zero-order chi connectivity index (χ0) is 20.4. The Morgan fingerprint density at radius 2 is 2.00 bits per heavy atom. The van der Waals surface area contributed by atoms with Crippen LogP contribution >= 0.6 is 0 Å². The number of nitrogens with two attached hydrogens (primary N) is 2. The van der Waals surface area contributed by atoms with Gasteiger partial charge in [-0.15, -0.1) is 0 Å². The fraction of sp³-hybridized carbons (Fsp3) is 0.500. The lowest BCUT2D eigenvalue weighted by molar-refractivity contribution is 0.0695. The van der Waals surface area contributed by atoms with Crippen molar-refractivity contribution >= 4 is 28.2 Å². The number of pyridine rings is 1. The van der Waals surface area contributed by atoms with Gasteiger partial charge in [-0.25, -0.2) is 9.18 Å². The lowest BCUT2D eigenvalue weighted by Crippen LogP contribution is -2.42. The smallest absolute Gasteiger partial charge is 0.341 e. The molecule has 4 rings (SSSR count). The minimum Gasteiger partial charge on any atom is -0.477 e. The largest absolute Gasteiger partial charge is 0.477 e. The van der Waals surface area contributed by atoms with E-state index in [9.17, 15) is 14.7 Å². The molecule has 1 atom stereocenters. The minimum atomic E-state index is -1.34. The Bertz CT molecular complexity index is 1040. The molecule has 0 amide bonds. The average molecular weight is 388 g/mol. The van der Waals surface area contributed by atoms with Gasteiger partial charge in [0.2, 0.25) is 5.43 Å². The molecule has 1 aromatic heterocycles. The number of carboxylic acids is 1. The van der Waals surface area contributed by atoms with E-state index in [4.69, 9.17) is 11.5 Å². The maximum Gasteiger partial charge on any atom is 0.341 e. The first kappa shape index (κ1) is 18.7. The molecule has 1 saturated carbocycles. The molecule has 1 saturated heterocycles. The molecule has 2 fully saturated rings. The van der Waals surface area contributed by atoms with Crippen LogP contribution in [0.15, 0.2) is 17.1 Å². The van der Waals surface area contributed by atoms with E-state index in [0.717, 1.165) is 19.3 Å². The Morgan fingerprint density at radius 1 is 1.32 bits per heavy atom. The number of carbonyl (C=O) groups is 1. The molecular formula is C20H25FN4O3. The number of benzene rings is 1. The van der Waals surface area contributed by atoms with E-state index >= 15 is 4.39 Å². The van der Waals surface area contributed by atoms with Crippen molar-refractivity contribution in [2.75, 3.05) is 23.7 Å². The van der Waals surface area contributed by atoms with Crippen molar-refractivity contribution in [3.63, 3.8) is 0 Å². The van der Waals surface area contributed by atoms with Crippen LogP contribution in [-0.4, -0.2) is 34.3 Å². The van der Waals surface area contributed by atoms with Crippen molar-refractivity contribution in [3.05, 3.63) is 33.9 Å². The molecule has 2 aromatic rings. The van der Waals surface area contributed by atoms with Crippen LogP contribution in [0.3, 0.4) is 0 Å². The third kappa shape index (κ3) is 2.92. The summed E-state index contributed by atoms with van der Waals surface area (Å²) >= 11 is 0. The Kier molecular flexibility index (Phi) is 4.15. The number of hydrogen-bond donors (Lipinski definition) is 3. The van der Waals surface area contributed by atoms with E-state index in [1.54, 1.807) is 10.6 Å². The third-order valence-electron chi connectivity index (χ3n) is 6.03. The van der Waals surface area contributed by atoms with Crippen LogP contribution in [0.2, 0.25) is 0 Å².